The van der Waals surface area contributed by atoms with E-state index in [1.54, 1.807) is 18.2 Å². The normalized spacial score (nSPS) is 11.0. The van der Waals surface area contributed by atoms with Crippen molar-refractivity contribution in [3.8, 4) is 0 Å². The summed E-state index contributed by atoms with van der Waals surface area (Å²) in [5.41, 5.74) is 4.01. The molecule has 1 amide bonds. The Labute approximate surface area is 155 Å². The number of nitrogens with one attached hydrogen (secondary N) is 2. The first kappa shape index (κ1) is 17.3. The summed E-state index contributed by atoms with van der Waals surface area (Å²) in [6.07, 6.45) is 1.48. The van der Waals surface area contributed by atoms with Crippen LogP contribution in [0.4, 0.5) is 5.69 Å². The van der Waals surface area contributed by atoms with E-state index in [-0.39, 0.29) is 12.5 Å². The molecule has 0 saturated carbocycles. The maximum atomic E-state index is 11.9. The van der Waals surface area contributed by atoms with Crippen LogP contribution < -0.4 is 10.7 Å². The van der Waals surface area contributed by atoms with Gasteiger partial charge >= 0.3 is 0 Å². The molecule has 0 aliphatic carbocycles. The van der Waals surface area contributed by atoms with Gasteiger partial charge in [-0.1, -0.05) is 59.6 Å². The molecule has 3 aromatic rings. The zero-order valence-electron chi connectivity index (χ0n) is 13.2. The van der Waals surface area contributed by atoms with Gasteiger partial charge in [-0.15, -0.1) is 0 Å². The average Bonchev–Trinajstić information content (AvgIpc) is 2.61. The summed E-state index contributed by atoms with van der Waals surface area (Å²) in [5, 5.41) is 10.3. The van der Waals surface area contributed by atoms with E-state index in [1.165, 1.54) is 6.21 Å². The van der Waals surface area contributed by atoms with Crippen LogP contribution in [0, 0.1) is 0 Å². The van der Waals surface area contributed by atoms with Crippen LogP contribution in [-0.4, -0.2) is 18.7 Å². The lowest BCUT2D eigenvalue weighted by Gasteiger charge is -2.06. The monoisotopic (exact) mass is 371 g/mol. The molecule has 0 fully saturated rings. The molecule has 0 saturated heterocycles. The second kappa shape index (κ2) is 8.01. The Morgan fingerprint density at radius 1 is 1.00 bits per heavy atom. The first-order chi connectivity index (χ1) is 12.1. The highest BCUT2D eigenvalue weighted by atomic mass is 35.5. The third kappa shape index (κ3) is 4.72. The van der Waals surface area contributed by atoms with Crippen molar-refractivity contribution in [1.29, 1.82) is 0 Å². The smallest absolute Gasteiger partial charge is 0.259 e. The molecule has 25 heavy (non-hydrogen) atoms. The van der Waals surface area contributed by atoms with E-state index < -0.39 is 0 Å². The van der Waals surface area contributed by atoms with Gasteiger partial charge in [-0.3, -0.25) is 4.79 Å². The van der Waals surface area contributed by atoms with E-state index in [0.29, 0.717) is 15.6 Å². The maximum absolute atomic E-state index is 11.9. The molecule has 0 aromatic heterocycles. The number of hydrogen-bond acceptors (Lipinski definition) is 3. The van der Waals surface area contributed by atoms with Crippen molar-refractivity contribution >= 4 is 51.8 Å². The molecule has 3 rings (SSSR count). The van der Waals surface area contributed by atoms with Crippen LogP contribution in [0.1, 0.15) is 5.56 Å². The van der Waals surface area contributed by atoms with Crippen molar-refractivity contribution in [3.63, 3.8) is 0 Å². The molecule has 4 nitrogen and oxygen atoms in total. The number of nitrogens with zero attached hydrogens (tertiary/aromatic N) is 1. The van der Waals surface area contributed by atoms with Gasteiger partial charge in [0, 0.05) is 16.3 Å². The Balaban J connectivity index is 1.54. The van der Waals surface area contributed by atoms with Crippen molar-refractivity contribution in [1.82, 2.24) is 5.43 Å². The lowest BCUT2D eigenvalue weighted by atomic mass is 10.1. The second-order valence-corrected chi connectivity index (χ2v) is 6.22. The molecule has 2 N–H and O–H groups in total. The minimum Gasteiger partial charge on any atom is -0.376 e. The number of rotatable bonds is 5. The Kier molecular flexibility index (Phi) is 5.53. The van der Waals surface area contributed by atoms with Crippen LogP contribution in [0.2, 0.25) is 10.0 Å². The minimum atomic E-state index is -0.255. The minimum absolute atomic E-state index is 0.115. The number of fused-ring (bicyclic) bond motifs is 1. The number of hydrazone groups is 1. The summed E-state index contributed by atoms with van der Waals surface area (Å²) in [4.78, 5) is 11.9. The zero-order valence-corrected chi connectivity index (χ0v) is 14.7. The van der Waals surface area contributed by atoms with Crippen molar-refractivity contribution in [2.75, 3.05) is 11.9 Å². The Morgan fingerprint density at radius 2 is 1.80 bits per heavy atom. The first-order valence-corrected chi connectivity index (χ1v) is 8.37. The summed E-state index contributed by atoms with van der Waals surface area (Å²) >= 11 is 11.9. The van der Waals surface area contributed by atoms with Crippen molar-refractivity contribution < 1.29 is 4.79 Å². The highest BCUT2D eigenvalue weighted by Gasteiger charge is 2.02. The fraction of sp³-hybridized carbons (Fsp3) is 0.0526. The van der Waals surface area contributed by atoms with Gasteiger partial charge in [-0.2, -0.15) is 5.10 Å². The zero-order chi connectivity index (χ0) is 17.6. The number of benzene rings is 3. The third-order valence-corrected chi connectivity index (χ3v) is 4.12. The van der Waals surface area contributed by atoms with Gasteiger partial charge in [0.15, 0.2) is 0 Å². The summed E-state index contributed by atoms with van der Waals surface area (Å²) in [5.74, 6) is -0.255. The number of anilines is 1. The van der Waals surface area contributed by atoms with Gasteiger partial charge in [0.2, 0.25) is 0 Å². The molecular weight excluding hydrogens is 357 g/mol. The number of halogens is 2. The predicted molar refractivity (Wildman–Crippen MR) is 105 cm³/mol. The van der Waals surface area contributed by atoms with Crippen molar-refractivity contribution in [2.24, 2.45) is 5.10 Å². The molecule has 0 atom stereocenters. The van der Waals surface area contributed by atoms with Crippen LogP contribution in [0.15, 0.2) is 65.8 Å². The quantitative estimate of drug-likeness (QED) is 0.504. The number of amides is 1. The number of carbonyl (C=O) groups excluding carboxylic acids is 1. The first-order valence-electron chi connectivity index (χ1n) is 7.61. The van der Waals surface area contributed by atoms with Gasteiger partial charge in [0.05, 0.1) is 17.8 Å². The molecule has 3 aromatic carbocycles. The van der Waals surface area contributed by atoms with Crippen LogP contribution in [-0.2, 0) is 4.79 Å². The largest absolute Gasteiger partial charge is 0.376 e. The van der Waals surface area contributed by atoms with E-state index in [9.17, 15) is 4.79 Å². The topological polar surface area (TPSA) is 53.5 Å². The molecule has 0 bridgehead atoms. The van der Waals surface area contributed by atoms with Gasteiger partial charge in [0.25, 0.3) is 5.91 Å². The standard InChI is InChI=1S/C19H15Cl2N3O/c20-16-7-5-15(18(21)10-16)11-23-24-19(25)12-22-17-8-6-13-3-1-2-4-14(13)9-17/h1-11,22H,12H2,(H,24,25)/b23-11-. The van der Waals surface area contributed by atoms with Gasteiger partial charge < -0.3 is 5.32 Å². The van der Waals surface area contributed by atoms with Crippen LogP contribution in [0.25, 0.3) is 10.8 Å². The molecule has 0 radical (unpaired) electrons. The average molecular weight is 372 g/mol. The summed E-state index contributed by atoms with van der Waals surface area (Å²) in [6.45, 7) is 0.115. The third-order valence-electron chi connectivity index (χ3n) is 3.56. The lowest BCUT2D eigenvalue weighted by molar-refractivity contribution is -0.119. The summed E-state index contributed by atoms with van der Waals surface area (Å²) in [7, 11) is 0. The summed E-state index contributed by atoms with van der Waals surface area (Å²) in [6, 6.07) is 19.0. The number of carbonyl (C=O) groups is 1. The molecule has 0 aliphatic heterocycles. The van der Waals surface area contributed by atoms with Gasteiger partial charge in [-0.25, -0.2) is 5.43 Å². The van der Waals surface area contributed by atoms with Crippen molar-refractivity contribution in [3.05, 3.63) is 76.3 Å². The molecule has 126 valence electrons. The molecule has 6 heteroatoms. The van der Waals surface area contributed by atoms with Crippen molar-refractivity contribution in [2.45, 2.75) is 0 Å². The fourth-order valence-corrected chi connectivity index (χ4v) is 2.76. The van der Waals surface area contributed by atoms with Gasteiger partial charge in [-0.05, 0) is 35.0 Å². The van der Waals surface area contributed by atoms with E-state index in [0.717, 1.165) is 16.5 Å². The molecule has 0 unspecified atom stereocenters. The molecule has 0 spiro atoms. The van der Waals surface area contributed by atoms with Crippen LogP contribution >= 0.6 is 23.2 Å². The SMILES string of the molecule is O=C(CNc1ccc2ccccc2c1)N/N=C\c1ccc(Cl)cc1Cl. The fourth-order valence-electron chi connectivity index (χ4n) is 2.30. The van der Waals surface area contributed by atoms with Crippen LogP contribution in [0.5, 0.6) is 0 Å². The van der Waals surface area contributed by atoms with E-state index in [1.807, 2.05) is 42.5 Å². The molecular formula is C19H15Cl2N3O. The van der Waals surface area contributed by atoms with E-state index in [4.69, 9.17) is 23.2 Å². The maximum Gasteiger partial charge on any atom is 0.259 e. The molecule has 0 aliphatic rings. The van der Waals surface area contributed by atoms with E-state index >= 15 is 0 Å². The summed E-state index contributed by atoms with van der Waals surface area (Å²) < 4.78 is 0. The Hall–Kier alpha value is -2.56. The van der Waals surface area contributed by atoms with Crippen LogP contribution in [0.3, 0.4) is 0 Å². The molecule has 0 heterocycles. The number of hydrogen-bond donors (Lipinski definition) is 2. The lowest BCUT2D eigenvalue weighted by Crippen LogP contribution is -2.25. The predicted octanol–water partition coefficient (Wildman–Crippen LogP) is 4.71. The van der Waals surface area contributed by atoms with E-state index in [2.05, 4.69) is 15.8 Å². The van der Waals surface area contributed by atoms with Gasteiger partial charge in [0.1, 0.15) is 0 Å². The highest BCUT2D eigenvalue weighted by molar-refractivity contribution is 6.36. The Morgan fingerprint density at radius 3 is 2.60 bits per heavy atom. The highest BCUT2D eigenvalue weighted by Crippen LogP contribution is 2.19. The second-order valence-electron chi connectivity index (χ2n) is 5.37. The Bertz CT molecular complexity index is 941.